The minimum Gasteiger partial charge on any atom is -0.472 e. The van der Waals surface area contributed by atoms with Gasteiger partial charge in [-0.3, -0.25) is 0 Å². The van der Waals surface area contributed by atoms with Crippen molar-refractivity contribution < 1.29 is 4.74 Å². The van der Waals surface area contributed by atoms with Crippen LogP contribution < -0.4 is 4.74 Å². The maximum atomic E-state index is 5.92. The normalized spacial score (nSPS) is 10.8. The summed E-state index contributed by atoms with van der Waals surface area (Å²) >= 11 is 1.52. The Hall–Kier alpha value is -2.07. The van der Waals surface area contributed by atoms with E-state index in [0.29, 0.717) is 12.5 Å². The van der Waals surface area contributed by atoms with Crippen LogP contribution in [-0.4, -0.2) is 16.2 Å². The number of thioether (sulfide) groups is 1. The standard InChI is InChI=1S/C17H16N2OS/c1-12-7-9-13(10-8-12)11-20-16-14-5-3-4-6-15(14)18-17(19-16)21-2/h3-10H,11H2,1-2H3. The van der Waals surface area contributed by atoms with E-state index in [1.54, 1.807) is 0 Å². The predicted molar refractivity (Wildman–Crippen MR) is 86.8 cm³/mol. The van der Waals surface area contributed by atoms with Crippen LogP contribution in [0.1, 0.15) is 11.1 Å². The van der Waals surface area contributed by atoms with Gasteiger partial charge in [0.2, 0.25) is 5.88 Å². The third-order valence-corrected chi connectivity index (χ3v) is 3.77. The zero-order valence-corrected chi connectivity index (χ0v) is 12.9. The lowest BCUT2D eigenvalue weighted by molar-refractivity contribution is 0.295. The van der Waals surface area contributed by atoms with Crippen LogP contribution in [0.5, 0.6) is 5.88 Å². The van der Waals surface area contributed by atoms with Crippen molar-refractivity contribution >= 4 is 22.7 Å². The molecular formula is C17H16N2OS. The van der Waals surface area contributed by atoms with E-state index in [2.05, 4.69) is 41.2 Å². The number of aromatic nitrogens is 2. The van der Waals surface area contributed by atoms with E-state index in [1.807, 2.05) is 30.5 Å². The van der Waals surface area contributed by atoms with Gasteiger partial charge in [-0.2, -0.15) is 4.98 Å². The summed E-state index contributed by atoms with van der Waals surface area (Å²) in [6, 6.07) is 16.3. The molecule has 3 rings (SSSR count). The molecule has 21 heavy (non-hydrogen) atoms. The highest BCUT2D eigenvalue weighted by molar-refractivity contribution is 7.98. The van der Waals surface area contributed by atoms with Crippen LogP contribution in [-0.2, 0) is 6.61 Å². The third kappa shape index (κ3) is 3.16. The third-order valence-electron chi connectivity index (χ3n) is 3.23. The topological polar surface area (TPSA) is 35.0 Å². The van der Waals surface area contributed by atoms with Gasteiger partial charge in [-0.25, -0.2) is 4.98 Å². The number of para-hydroxylation sites is 1. The van der Waals surface area contributed by atoms with Gasteiger partial charge in [0.1, 0.15) is 6.61 Å². The molecule has 0 saturated carbocycles. The molecular weight excluding hydrogens is 280 g/mol. The molecule has 0 N–H and O–H groups in total. The molecule has 0 aliphatic rings. The fraction of sp³-hybridized carbons (Fsp3) is 0.176. The van der Waals surface area contributed by atoms with E-state index in [1.165, 1.54) is 17.3 Å². The quantitative estimate of drug-likeness (QED) is 0.533. The molecule has 0 fully saturated rings. The van der Waals surface area contributed by atoms with Crippen LogP contribution >= 0.6 is 11.8 Å². The largest absolute Gasteiger partial charge is 0.472 e. The van der Waals surface area contributed by atoms with Gasteiger partial charge in [-0.05, 0) is 30.9 Å². The number of rotatable bonds is 4. The van der Waals surface area contributed by atoms with E-state index in [0.717, 1.165) is 21.6 Å². The number of fused-ring (bicyclic) bond motifs is 1. The van der Waals surface area contributed by atoms with Crippen molar-refractivity contribution in [2.24, 2.45) is 0 Å². The molecule has 1 heterocycles. The molecule has 0 radical (unpaired) electrons. The second-order valence-corrected chi connectivity index (χ2v) is 5.58. The maximum absolute atomic E-state index is 5.92. The summed E-state index contributed by atoms with van der Waals surface area (Å²) in [7, 11) is 0. The van der Waals surface area contributed by atoms with Gasteiger partial charge >= 0.3 is 0 Å². The van der Waals surface area contributed by atoms with Crippen molar-refractivity contribution in [3.8, 4) is 5.88 Å². The van der Waals surface area contributed by atoms with E-state index < -0.39 is 0 Å². The fourth-order valence-corrected chi connectivity index (χ4v) is 2.43. The average Bonchev–Trinajstić information content (AvgIpc) is 2.53. The molecule has 2 aromatic carbocycles. The highest BCUT2D eigenvalue weighted by Crippen LogP contribution is 2.25. The molecule has 0 aliphatic carbocycles. The number of aryl methyl sites for hydroxylation is 1. The molecule has 3 nitrogen and oxygen atoms in total. The van der Waals surface area contributed by atoms with Gasteiger partial charge < -0.3 is 4.74 Å². The Morgan fingerprint density at radius 1 is 1.00 bits per heavy atom. The number of benzene rings is 2. The van der Waals surface area contributed by atoms with E-state index in [4.69, 9.17) is 4.74 Å². The lowest BCUT2D eigenvalue weighted by atomic mass is 10.2. The zero-order chi connectivity index (χ0) is 14.7. The Kier molecular flexibility index (Phi) is 4.06. The minimum atomic E-state index is 0.509. The molecule has 3 aromatic rings. The first-order valence-corrected chi connectivity index (χ1v) is 7.98. The first-order valence-electron chi connectivity index (χ1n) is 6.75. The van der Waals surface area contributed by atoms with E-state index in [-0.39, 0.29) is 0 Å². The Labute approximate surface area is 128 Å². The number of hydrogen-bond acceptors (Lipinski definition) is 4. The molecule has 106 valence electrons. The Balaban J connectivity index is 1.90. The summed E-state index contributed by atoms with van der Waals surface area (Å²) in [5, 5.41) is 1.68. The maximum Gasteiger partial charge on any atom is 0.225 e. The van der Waals surface area contributed by atoms with Crippen molar-refractivity contribution in [2.45, 2.75) is 18.7 Å². The Bertz CT molecular complexity index is 756. The summed E-state index contributed by atoms with van der Waals surface area (Å²) in [5.74, 6) is 0.644. The molecule has 0 atom stereocenters. The van der Waals surface area contributed by atoms with Crippen molar-refractivity contribution in [2.75, 3.05) is 6.26 Å². The molecule has 4 heteroatoms. The van der Waals surface area contributed by atoms with Crippen molar-refractivity contribution in [3.05, 3.63) is 59.7 Å². The van der Waals surface area contributed by atoms with Crippen molar-refractivity contribution in [3.63, 3.8) is 0 Å². The van der Waals surface area contributed by atoms with Gasteiger partial charge in [0, 0.05) is 0 Å². The number of ether oxygens (including phenoxy) is 1. The zero-order valence-electron chi connectivity index (χ0n) is 12.0. The summed E-state index contributed by atoms with van der Waals surface area (Å²) in [5.41, 5.74) is 3.29. The highest BCUT2D eigenvalue weighted by Gasteiger charge is 2.08. The van der Waals surface area contributed by atoms with E-state index >= 15 is 0 Å². The smallest absolute Gasteiger partial charge is 0.225 e. The van der Waals surface area contributed by atoms with Crippen LogP contribution in [0.25, 0.3) is 10.9 Å². The number of nitrogens with zero attached hydrogens (tertiary/aromatic N) is 2. The monoisotopic (exact) mass is 296 g/mol. The lowest BCUT2D eigenvalue weighted by Crippen LogP contribution is -2.00. The highest BCUT2D eigenvalue weighted by atomic mass is 32.2. The SMILES string of the molecule is CSc1nc(OCc2ccc(C)cc2)c2ccccc2n1. The first kappa shape index (κ1) is 13.9. The Morgan fingerprint density at radius 2 is 1.76 bits per heavy atom. The molecule has 0 aliphatic heterocycles. The lowest BCUT2D eigenvalue weighted by Gasteiger charge is -2.09. The van der Waals surface area contributed by atoms with Crippen LogP contribution in [0, 0.1) is 6.92 Å². The predicted octanol–water partition coefficient (Wildman–Crippen LogP) is 4.24. The second-order valence-electron chi connectivity index (χ2n) is 4.81. The Morgan fingerprint density at radius 3 is 2.52 bits per heavy atom. The molecule has 0 spiro atoms. The summed E-state index contributed by atoms with van der Waals surface area (Å²) < 4.78 is 5.92. The summed E-state index contributed by atoms with van der Waals surface area (Å²) in [4.78, 5) is 8.97. The van der Waals surface area contributed by atoms with Crippen LogP contribution in [0.15, 0.2) is 53.7 Å². The summed E-state index contributed by atoms with van der Waals surface area (Å²) in [6.07, 6.45) is 1.97. The molecule has 0 unspecified atom stereocenters. The molecule has 0 saturated heterocycles. The molecule has 0 amide bonds. The summed E-state index contributed by atoms with van der Waals surface area (Å²) in [6.45, 7) is 2.59. The van der Waals surface area contributed by atoms with Gasteiger partial charge in [0.05, 0.1) is 10.9 Å². The van der Waals surface area contributed by atoms with Gasteiger partial charge in [0.25, 0.3) is 0 Å². The molecule has 0 bridgehead atoms. The molecule has 1 aromatic heterocycles. The van der Waals surface area contributed by atoms with Crippen molar-refractivity contribution in [1.82, 2.24) is 9.97 Å². The van der Waals surface area contributed by atoms with Crippen LogP contribution in [0.4, 0.5) is 0 Å². The number of hydrogen-bond donors (Lipinski definition) is 0. The van der Waals surface area contributed by atoms with Gasteiger partial charge in [0.15, 0.2) is 5.16 Å². The van der Waals surface area contributed by atoms with Gasteiger partial charge in [-0.1, -0.05) is 53.7 Å². The van der Waals surface area contributed by atoms with Crippen molar-refractivity contribution in [1.29, 1.82) is 0 Å². The van der Waals surface area contributed by atoms with Gasteiger partial charge in [-0.15, -0.1) is 0 Å². The first-order chi connectivity index (χ1) is 10.3. The minimum absolute atomic E-state index is 0.509. The second kappa shape index (κ2) is 6.14. The average molecular weight is 296 g/mol. The van der Waals surface area contributed by atoms with E-state index in [9.17, 15) is 0 Å². The van der Waals surface area contributed by atoms with Crippen LogP contribution in [0.2, 0.25) is 0 Å². The fourth-order valence-electron chi connectivity index (χ4n) is 2.06. The van der Waals surface area contributed by atoms with Crippen LogP contribution in [0.3, 0.4) is 0 Å².